The maximum atomic E-state index is 10.3. The molecule has 0 atom stereocenters. The van der Waals surface area contributed by atoms with Crippen molar-refractivity contribution in [1.82, 2.24) is 0 Å². The van der Waals surface area contributed by atoms with Crippen molar-refractivity contribution in [3.63, 3.8) is 0 Å². The number of hydrogen-bond acceptors (Lipinski definition) is 8. The van der Waals surface area contributed by atoms with Crippen molar-refractivity contribution in [2.24, 2.45) is 9.98 Å². The summed E-state index contributed by atoms with van der Waals surface area (Å²) >= 11 is 3.26. The van der Waals surface area contributed by atoms with Crippen LogP contribution in [0.4, 0.5) is 10.0 Å². The number of nitrogens with zero attached hydrogens (tertiary/aromatic N) is 4. The molecule has 0 radical (unpaired) electrons. The monoisotopic (exact) mass is 692 g/mol. The van der Waals surface area contributed by atoms with Crippen molar-refractivity contribution in [1.29, 1.82) is 10.5 Å². The third-order valence-electron chi connectivity index (χ3n) is 9.55. The lowest BCUT2D eigenvalue weighted by Gasteiger charge is -2.04. The van der Waals surface area contributed by atoms with Crippen molar-refractivity contribution < 1.29 is 10.2 Å². The van der Waals surface area contributed by atoms with Gasteiger partial charge < -0.3 is 10.2 Å². The highest BCUT2D eigenvalue weighted by Crippen LogP contribution is 2.40. The summed E-state index contributed by atoms with van der Waals surface area (Å²) in [4.78, 5) is 11.8. The second-order valence-corrected chi connectivity index (χ2v) is 14.8. The highest BCUT2D eigenvalue weighted by atomic mass is 32.1. The maximum Gasteiger partial charge on any atom is 0.134 e. The van der Waals surface area contributed by atoms with Gasteiger partial charge in [-0.2, -0.15) is 10.5 Å². The van der Waals surface area contributed by atoms with Crippen LogP contribution >= 0.6 is 22.7 Å². The fourth-order valence-electron chi connectivity index (χ4n) is 6.95. The van der Waals surface area contributed by atoms with Crippen molar-refractivity contribution in [2.75, 3.05) is 0 Å². The van der Waals surface area contributed by atoms with Gasteiger partial charge in [0.05, 0.1) is 11.1 Å². The SMILES string of the molecule is N#Cc1c(/N=C/c2c(O)ccc3ccccc23)sc2c1CCCCC2.N#Cc1c(/N=C/c2c(O)ccc3ccccc23)sc2c1CCCCC2. The van der Waals surface area contributed by atoms with Crippen LogP contribution in [0.15, 0.2) is 82.8 Å². The van der Waals surface area contributed by atoms with E-state index < -0.39 is 0 Å². The number of aryl methyl sites for hydroxylation is 2. The summed E-state index contributed by atoms with van der Waals surface area (Å²) in [5, 5.41) is 45.3. The zero-order valence-electron chi connectivity index (χ0n) is 27.7. The molecule has 0 aliphatic heterocycles. The minimum atomic E-state index is 0.207. The lowest BCUT2D eigenvalue weighted by atomic mass is 10.0. The van der Waals surface area contributed by atoms with Crippen LogP contribution in [0, 0.1) is 22.7 Å². The summed E-state index contributed by atoms with van der Waals surface area (Å²) in [6.07, 6.45) is 14.6. The van der Waals surface area contributed by atoms with Gasteiger partial charge in [-0.25, -0.2) is 9.98 Å². The Labute approximate surface area is 300 Å². The summed E-state index contributed by atoms with van der Waals surface area (Å²) in [7, 11) is 0. The van der Waals surface area contributed by atoms with E-state index in [0.29, 0.717) is 11.1 Å². The fourth-order valence-corrected chi connectivity index (χ4v) is 9.32. The number of phenolic OH excluding ortho intramolecular Hbond substituents is 2. The normalized spacial score (nSPS) is 14.4. The van der Waals surface area contributed by atoms with Crippen LogP contribution in [0.25, 0.3) is 21.5 Å². The average molecular weight is 693 g/mol. The number of hydrogen-bond donors (Lipinski definition) is 2. The predicted octanol–water partition coefficient (Wildman–Crippen LogP) is 11.0. The zero-order chi connectivity index (χ0) is 34.5. The predicted molar refractivity (Wildman–Crippen MR) is 206 cm³/mol. The Morgan fingerprint density at radius 3 is 1.40 bits per heavy atom. The van der Waals surface area contributed by atoms with Gasteiger partial charge in [0, 0.05) is 33.3 Å². The van der Waals surface area contributed by atoms with Gasteiger partial charge in [0.2, 0.25) is 0 Å². The number of aromatic hydroxyl groups is 2. The van der Waals surface area contributed by atoms with Crippen LogP contribution in [-0.2, 0) is 25.7 Å². The van der Waals surface area contributed by atoms with E-state index in [4.69, 9.17) is 0 Å². The Balaban J connectivity index is 0.000000157. The average Bonchev–Trinajstić information content (AvgIpc) is 3.41. The Bertz CT molecular complexity index is 2190. The van der Waals surface area contributed by atoms with E-state index in [9.17, 15) is 20.7 Å². The molecule has 2 aliphatic rings. The van der Waals surface area contributed by atoms with Gasteiger partial charge in [-0.1, -0.05) is 73.5 Å². The number of phenols is 2. The first-order chi connectivity index (χ1) is 24.6. The molecule has 0 amide bonds. The molecule has 8 heteroatoms. The highest BCUT2D eigenvalue weighted by Gasteiger charge is 2.21. The van der Waals surface area contributed by atoms with Crippen LogP contribution in [0.2, 0.25) is 0 Å². The minimum absolute atomic E-state index is 0.207. The van der Waals surface area contributed by atoms with Crippen LogP contribution in [0.3, 0.4) is 0 Å². The molecule has 0 spiro atoms. The first-order valence-electron chi connectivity index (χ1n) is 17.1. The van der Waals surface area contributed by atoms with Crippen molar-refractivity contribution in [3.05, 3.63) is 116 Å². The van der Waals surface area contributed by atoms with E-state index >= 15 is 0 Å². The molecule has 4 aromatic carbocycles. The van der Waals surface area contributed by atoms with Gasteiger partial charge in [-0.15, -0.1) is 22.7 Å². The molecule has 2 heterocycles. The maximum absolute atomic E-state index is 10.3. The van der Waals surface area contributed by atoms with Gasteiger partial charge in [-0.3, -0.25) is 0 Å². The minimum Gasteiger partial charge on any atom is -0.507 e. The number of nitriles is 2. The summed E-state index contributed by atoms with van der Waals surface area (Å²) in [5.74, 6) is 0.415. The van der Waals surface area contributed by atoms with Crippen LogP contribution in [0.1, 0.15) is 81.7 Å². The topological polar surface area (TPSA) is 113 Å². The smallest absolute Gasteiger partial charge is 0.134 e. The van der Waals surface area contributed by atoms with E-state index in [2.05, 4.69) is 22.1 Å². The molecule has 8 rings (SSSR count). The Kier molecular flexibility index (Phi) is 10.0. The summed E-state index contributed by atoms with van der Waals surface area (Å²) in [6, 6.07) is 27.7. The molecule has 2 aromatic heterocycles. The molecule has 0 fully saturated rings. The standard InChI is InChI=1S/2C21H18N2OS/c2*22-12-17-16-8-2-1-3-9-20(16)25-21(17)23-13-18-15-7-5-4-6-14(15)10-11-19(18)24/h2*4-7,10-11,13,24H,1-3,8-9H2/b2*23-13+. The van der Waals surface area contributed by atoms with Crippen molar-refractivity contribution in [3.8, 4) is 23.6 Å². The molecule has 6 aromatic rings. The number of aliphatic imine (C=N–C) groups is 2. The quantitative estimate of drug-likeness (QED) is 0.141. The molecule has 50 heavy (non-hydrogen) atoms. The van der Waals surface area contributed by atoms with Gasteiger partial charge in [0.15, 0.2) is 0 Å². The van der Waals surface area contributed by atoms with Crippen LogP contribution < -0.4 is 0 Å². The summed E-state index contributed by atoms with van der Waals surface area (Å²) in [6.45, 7) is 0. The number of benzene rings is 4. The Hall–Kier alpha value is -5.28. The van der Waals surface area contributed by atoms with E-state index in [1.165, 1.54) is 46.6 Å². The molecule has 0 saturated carbocycles. The van der Waals surface area contributed by atoms with E-state index in [-0.39, 0.29) is 11.5 Å². The van der Waals surface area contributed by atoms with Gasteiger partial charge in [0.25, 0.3) is 0 Å². The van der Waals surface area contributed by atoms with Crippen LogP contribution in [0.5, 0.6) is 11.5 Å². The largest absolute Gasteiger partial charge is 0.507 e. The lowest BCUT2D eigenvalue weighted by molar-refractivity contribution is 0.475. The molecule has 248 valence electrons. The molecule has 0 bridgehead atoms. The van der Waals surface area contributed by atoms with E-state index in [1.807, 2.05) is 60.7 Å². The van der Waals surface area contributed by atoms with Gasteiger partial charge in [0.1, 0.15) is 33.6 Å². The Morgan fingerprint density at radius 2 is 0.960 bits per heavy atom. The summed E-state index contributed by atoms with van der Waals surface area (Å²) in [5.41, 5.74) is 5.23. The molecular weight excluding hydrogens is 657 g/mol. The van der Waals surface area contributed by atoms with E-state index in [1.54, 1.807) is 47.2 Å². The summed E-state index contributed by atoms with van der Waals surface area (Å²) < 4.78 is 0. The highest BCUT2D eigenvalue weighted by molar-refractivity contribution is 7.16. The van der Waals surface area contributed by atoms with Gasteiger partial charge in [-0.05, 0) is 96.2 Å². The molecule has 2 N–H and O–H groups in total. The number of thiophene rings is 2. The van der Waals surface area contributed by atoms with Gasteiger partial charge >= 0.3 is 0 Å². The molecule has 0 saturated heterocycles. The second kappa shape index (κ2) is 15.1. The molecule has 2 aliphatic carbocycles. The molecule has 6 nitrogen and oxygen atoms in total. The van der Waals surface area contributed by atoms with Crippen molar-refractivity contribution >= 4 is 66.6 Å². The third-order valence-corrected chi connectivity index (χ3v) is 11.9. The lowest BCUT2D eigenvalue weighted by Crippen LogP contribution is -1.88. The first-order valence-corrected chi connectivity index (χ1v) is 18.8. The van der Waals surface area contributed by atoms with E-state index in [0.717, 1.165) is 81.2 Å². The molecular formula is C42H36N4O2S2. The zero-order valence-corrected chi connectivity index (χ0v) is 29.3. The molecule has 0 unspecified atom stereocenters. The number of fused-ring (bicyclic) bond motifs is 4. The Morgan fingerprint density at radius 1 is 0.540 bits per heavy atom. The van der Waals surface area contributed by atoms with Crippen molar-refractivity contribution in [2.45, 2.75) is 64.2 Å². The number of rotatable bonds is 4. The second-order valence-electron chi connectivity index (χ2n) is 12.7. The van der Waals surface area contributed by atoms with Crippen LogP contribution in [-0.4, -0.2) is 22.6 Å². The first kappa shape index (κ1) is 33.2. The third kappa shape index (κ3) is 6.78. The fraction of sp³-hybridized carbons (Fsp3) is 0.238.